The van der Waals surface area contributed by atoms with Gasteiger partial charge in [0, 0.05) is 30.0 Å². The molecule has 0 amide bonds. The highest BCUT2D eigenvalue weighted by Gasteiger charge is 2.13. The molecular formula is C14H14ClFN2. The van der Waals surface area contributed by atoms with Crippen LogP contribution < -0.4 is 4.90 Å². The van der Waals surface area contributed by atoms with Crippen LogP contribution in [-0.4, -0.2) is 12.0 Å². The normalized spacial score (nSPS) is 12.2. The third-order valence-electron chi connectivity index (χ3n) is 3.03. The predicted octanol–water partition coefficient (Wildman–Crippen LogP) is 4.07. The summed E-state index contributed by atoms with van der Waals surface area (Å²) in [5.74, 6) is -0.474. The Balaban J connectivity index is 2.26. The Bertz CT molecular complexity index is 495. The first kappa shape index (κ1) is 12.8. The van der Waals surface area contributed by atoms with E-state index in [-0.39, 0.29) is 6.04 Å². The fourth-order valence-corrected chi connectivity index (χ4v) is 2.02. The van der Waals surface area contributed by atoms with Gasteiger partial charge in [0.2, 0.25) is 5.95 Å². The van der Waals surface area contributed by atoms with Crippen molar-refractivity contribution in [1.29, 1.82) is 0 Å². The smallest absolute Gasteiger partial charge is 0.214 e. The summed E-state index contributed by atoms with van der Waals surface area (Å²) in [6.45, 7) is 2.05. The molecular weight excluding hydrogens is 251 g/mol. The quantitative estimate of drug-likeness (QED) is 0.777. The summed E-state index contributed by atoms with van der Waals surface area (Å²) in [5.41, 5.74) is 1.87. The van der Waals surface area contributed by atoms with E-state index in [4.69, 9.17) is 11.6 Å². The van der Waals surface area contributed by atoms with Crippen LogP contribution in [0.25, 0.3) is 0 Å². The lowest BCUT2D eigenvalue weighted by Crippen LogP contribution is -2.21. The highest BCUT2D eigenvalue weighted by atomic mass is 35.5. The molecule has 4 heteroatoms. The van der Waals surface area contributed by atoms with Gasteiger partial charge in [0.1, 0.15) is 0 Å². The summed E-state index contributed by atoms with van der Waals surface area (Å²) in [7, 11) is 1.92. The maximum atomic E-state index is 13.1. The molecule has 1 unspecified atom stereocenters. The molecule has 0 aliphatic rings. The second-order valence-corrected chi connectivity index (χ2v) is 4.62. The zero-order valence-corrected chi connectivity index (χ0v) is 11.0. The molecule has 2 nitrogen and oxygen atoms in total. The van der Waals surface area contributed by atoms with Crippen molar-refractivity contribution < 1.29 is 4.39 Å². The van der Waals surface area contributed by atoms with Gasteiger partial charge in [-0.25, -0.2) is 4.98 Å². The Hall–Kier alpha value is -1.61. The fraction of sp³-hybridized carbons (Fsp3) is 0.214. The second kappa shape index (κ2) is 5.36. The molecule has 0 bridgehead atoms. The van der Waals surface area contributed by atoms with Gasteiger partial charge in [-0.2, -0.15) is 4.39 Å². The van der Waals surface area contributed by atoms with Crippen molar-refractivity contribution >= 4 is 17.3 Å². The Kier molecular flexibility index (Phi) is 3.82. The van der Waals surface area contributed by atoms with Crippen molar-refractivity contribution in [1.82, 2.24) is 4.98 Å². The first-order valence-corrected chi connectivity index (χ1v) is 6.05. The molecule has 0 aliphatic carbocycles. The van der Waals surface area contributed by atoms with Crippen LogP contribution in [0.5, 0.6) is 0 Å². The third-order valence-corrected chi connectivity index (χ3v) is 3.26. The van der Waals surface area contributed by atoms with Gasteiger partial charge in [-0.05, 0) is 30.7 Å². The Labute approximate surface area is 111 Å². The maximum Gasteiger partial charge on any atom is 0.214 e. The van der Waals surface area contributed by atoms with Gasteiger partial charge in [-0.15, -0.1) is 0 Å². The number of halogens is 2. The van der Waals surface area contributed by atoms with E-state index in [0.29, 0.717) is 5.02 Å². The van der Waals surface area contributed by atoms with Crippen molar-refractivity contribution in [2.24, 2.45) is 0 Å². The van der Waals surface area contributed by atoms with E-state index < -0.39 is 5.95 Å². The van der Waals surface area contributed by atoms with Crippen LogP contribution in [0.1, 0.15) is 18.5 Å². The molecule has 0 saturated heterocycles. The summed E-state index contributed by atoms with van der Waals surface area (Å²) in [4.78, 5) is 5.54. The zero-order chi connectivity index (χ0) is 13.1. The molecule has 1 aromatic heterocycles. The lowest BCUT2D eigenvalue weighted by Gasteiger charge is -2.27. The van der Waals surface area contributed by atoms with Crippen LogP contribution in [0.4, 0.5) is 10.1 Å². The van der Waals surface area contributed by atoms with Crippen molar-refractivity contribution in [3.63, 3.8) is 0 Å². The molecule has 2 aromatic rings. The number of hydrogen-bond donors (Lipinski definition) is 0. The molecule has 0 radical (unpaired) electrons. The topological polar surface area (TPSA) is 16.1 Å². The van der Waals surface area contributed by atoms with E-state index in [1.54, 1.807) is 6.07 Å². The summed E-state index contributed by atoms with van der Waals surface area (Å²) >= 11 is 5.98. The summed E-state index contributed by atoms with van der Waals surface area (Å²) in [6, 6.07) is 11.0. The largest absolute Gasteiger partial charge is 0.368 e. The molecule has 1 heterocycles. The SMILES string of the molecule is CC(c1cccc(Cl)c1)N(C)c1ccnc(F)c1. The molecule has 94 valence electrons. The minimum absolute atomic E-state index is 0.102. The molecule has 0 spiro atoms. The number of aromatic nitrogens is 1. The van der Waals surface area contributed by atoms with Crippen molar-refractivity contribution in [2.45, 2.75) is 13.0 Å². The van der Waals surface area contributed by atoms with E-state index in [1.165, 1.54) is 12.3 Å². The van der Waals surface area contributed by atoms with Gasteiger partial charge in [-0.1, -0.05) is 23.7 Å². The van der Waals surface area contributed by atoms with E-state index >= 15 is 0 Å². The molecule has 0 saturated carbocycles. The molecule has 0 fully saturated rings. The average molecular weight is 265 g/mol. The first-order valence-electron chi connectivity index (χ1n) is 5.68. The number of benzene rings is 1. The molecule has 0 aliphatic heterocycles. The van der Waals surface area contributed by atoms with E-state index in [9.17, 15) is 4.39 Å². The van der Waals surface area contributed by atoms with Crippen LogP contribution in [0, 0.1) is 5.95 Å². The third kappa shape index (κ3) is 2.79. The lowest BCUT2D eigenvalue weighted by atomic mass is 10.1. The molecule has 1 atom stereocenters. The molecule has 2 rings (SSSR count). The molecule has 18 heavy (non-hydrogen) atoms. The van der Waals surface area contributed by atoms with Crippen LogP contribution in [0.2, 0.25) is 5.02 Å². The maximum absolute atomic E-state index is 13.1. The van der Waals surface area contributed by atoms with Gasteiger partial charge in [0.05, 0.1) is 6.04 Å². The Morgan fingerprint density at radius 3 is 2.72 bits per heavy atom. The highest BCUT2D eigenvalue weighted by Crippen LogP contribution is 2.26. The average Bonchev–Trinajstić information content (AvgIpc) is 2.37. The summed E-state index contributed by atoms with van der Waals surface area (Å²) in [6.07, 6.45) is 1.46. The van der Waals surface area contributed by atoms with Crippen LogP contribution in [-0.2, 0) is 0 Å². The van der Waals surface area contributed by atoms with Crippen molar-refractivity contribution in [2.75, 3.05) is 11.9 Å². The van der Waals surface area contributed by atoms with Crippen LogP contribution >= 0.6 is 11.6 Å². The van der Waals surface area contributed by atoms with E-state index in [0.717, 1.165) is 11.3 Å². The standard InChI is InChI=1S/C14H14ClFN2/c1-10(11-4-3-5-12(15)8-11)18(2)13-6-7-17-14(16)9-13/h3-10H,1-2H3. The number of pyridine rings is 1. The van der Waals surface area contributed by atoms with Crippen molar-refractivity contribution in [3.05, 3.63) is 59.1 Å². The zero-order valence-electron chi connectivity index (χ0n) is 10.3. The Morgan fingerprint density at radius 2 is 2.06 bits per heavy atom. The lowest BCUT2D eigenvalue weighted by molar-refractivity contribution is 0.582. The van der Waals surface area contributed by atoms with Gasteiger partial charge >= 0.3 is 0 Å². The van der Waals surface area contributed by atoms with E-state index in [2.05, 4.69) is 4.98 Å². The fourth-order valence-electron chi connectivity index (χ4n) is 1.83. The highest BCUT2D eigenvalue weighted by molar-refractivity contribution is 6.30. The first-order chi connectivity index (χ1) is 8.58. The van der Waals surface area contributed by atoms with Gasteiger partial charge in [-0.3, -0.25) is 0 Å². The molecule has 0 N–H and O–H groups in total. The minimum Gasteiger partial charge on any atom is -0.368 e. The number of anilines is 1. The Morgan fingerprint density at radius 1 is 1.28 bits per heavy atom. The van der Waals surface area contributed by atoms with Gasteiger partial charge < -0.3 is 4.90 Å². The number of hydrogen-bond acceptors (Lipinski definition) is 2. The van der Waals surface area contributed by atoms with Crippen LogP contribution in [0.3, 0.4) is 0 Å². The van der Waals surface area contributed by atoms with Crippen LogP contribution in [0.15, 0.2) is 42.6 Å². The summed E-state index contributed by atoms with van der Waals surface area (Å²) < 4.78 is 13.1. The minimum atomic E-state index is -0.474. The summed E-state index contributed by atoms with van der Waals surface area (Å²) in [5, 5.41) is 0.702. The van der Waals surface area contributed by atoms with Gasteiger partial charge in [0.15, 0.2) is 0 Å². The second-order valence-electron chi connectivity index (χ2n) is 4.18. The molecule has 1 aromatic carbocycles. The van der Waals surface area contributed by atoms with E-state index in [1.807, 2.05) is 43.1 Å². The number of nitrogens with zero attached hydrogens (tertiary/aromatic N) is 2. The predicted molar refractivity (Wildman–Crippen MR) is 72.5 cm³/mol. The number of rotatable bonds is 3. The monoisotopic (exact) mass is 264 g/mol. The van der Waals surface area contributed by atoms with Gasteiger partial charge in [0.25, 0.3) is 0 Å². The van der Waals surface area contributed by atoms with Crippen molar-refractivity contribution in [3.8, 4) is 0 Å².